The molecule has 0 radical (unpaired) electrons. The number of halogens is 1. The fourth-order valence-electron chi connectivity index (χ4n) is 5.52. The summed E-state index contributed by atoms with van der Waals surface area (Å²) >= 11 is 7.60. The lowest BCUT2D eigenvalue weighted by Gasteiger charge is -2.26. The van der Waals surface area contributed by atoms with Gasteiger partial charge in [0.15, 0.2) is 16.3 Å². The quantitative estimate of drug-likeness (QED) is 0.164. The second kappa shape index (κ2) is 14.6. The molecule has 0 fully saturated rings. The number of benzene rings is 4. The first kappa shape index (κ1) is 33.3. The Morgan fingerprint density at radius 3 is 2.41 bits per heavy atom. The third kappa shape index (κ3) is 6.85. The van der Waals surface area contributed by atoms with Gasteiger partial charge in [0.1, 0.15) is 12.4 Å². The van der Waals surface area contributed by atoms with Crippen molar-refractivity contribution >= 4 is 40.7 Å². The summed E-state index contributed by atoms with van der Waals surface area (Å²) in [5.41, 5.74) is 3.56. The van der Waals surface area contributed by atoms with Crippen molar-refractivity contribution in [3.05, 3.63) is 149 Å². The monoisotopic (exact) mass is 691 g/mol. The molecule has 0 N–H and O–H groups in total. The molecule has 6 rings (SSSR count). The summed E-state index contributed by atoms with van der Waals surface area (Å²) in [7, 11) is 3.06. The molecule has 0 spiro atoms. The van der Waals surface area contributed by atoms with Crippen LogP contribution in [0.2, 0.25) is 5.02 Å². The van der Waals surface area contributed by atoms with Crippen LogP contribution in [0.4, 0.5) is 0 Å². The predicted molar refractivity (Wildman–Crippen MR) is 188 cm³/mol. The molecule has 0 saturated heterocycles. The SMILES string of the molecule is CCOC(=O)C1=C(c2ccccc2)N=c2s/c(=C/c3cc(Cl)ccc3OCc3ccc(C#N)cc3)c(=O)n2[C@@H]1c1ccc(OC)c(OC)c1. The Bertz CT molecular complexity index is 2290. The highest BCUT2D eigenvalue weighted by molar-refractivity contribution is 7.07. The number of nitrogens with zero attached hydrogens (tertiary/aromatic N) is 3. The van der Waals surface area contributed by atoms with Crippen molar-refractivity contribution in [1.29, 1.82) is 5.26 Å². The minimum absolute atomic E-state index is 0.132. The Kier molecular flexibility index (Phi) is 9.95. The minimum atomic E-state index is -0.904. The lowest BCUT2D eigenvalue weighted by Crippen LogP contribution is -2.40. The molecule has 2 heterocycles. The third-order valence-corrected chi connectivity index (χ3v) is 9.05. The van der Waals surface area contributed by atoms with Gasteiger partial charge in [-0.25, -0.2) is 9.79 Å². The van der Waals surface area contributed by atoms with E-state index in [9.17, 15) is 9.59 Å². The van der Waals surface area contributed by atoms with Crippen molar-refractivity contribution in [2.24, 2.45) is 4.99 Å². The maximum Gasteiger partial charge on any atom is 0.338 e. The summed E-state index contributed by atoms with van der Waals surface area (Å²) in [5, 5.41) is 9.58. The molecular weight excluding hydrogens is 662 g/mol. The lowest BCUT2D eigenvalue weighted by molar-refractivity contribution is -0.138. The van der Waals surface area contributed by atoms with Gasteiger partial charge < -0.3 is 18.9 Å². The first-order valence-corrected chi connectivity index (χ1v) is 16.5. The van der Waals surface area contributed by atoms with E-state index >= 15 is 0 Å². The second-order valence-corrected chi connectivity index (χ2v) is 12.3. The highest BCUT2D eigenvalue weighted by atomic mass is 35.5. The molecule has 0 unspecified atom stereocenters. The molecule has 0 aliphatic carbocycles. The number of ether oxygens (including phenoxy) is 4. The summed E-state index contributed by atoms with van der Waals surface area (Å²) in [6.07, 6.45) is 1.71. The zero-order chi connectivity index (χ0) is 34.5. The van der Waals surface area contributed by atoms with Crippen LogP contribution in [-0.4, -0.2) is 31.4 Å². The van der Waals surface area contributed by atoms with Crippen molar-refractivity contribution in [3.8, 4) is 23.3 Å². The second-order valence-electron chi connectivity index (χ2n) is 10.8. The van der Waals surface area contributed by atoms with Crippen LogP contribution >= 0.6 is 22.9 Å². The fourth-order valence-corrected chi connectivity index (χ4v) is 6.69. The molecule has 1 atom stereocenters. The van der Waals surface area contributed by atoms with Gasteiger partial charge in [0.25, 0.3) is 5.56 Å². The molecule has 49 heavy (non-hydrogen) atoms. The molecule has 0 bridgehead atoms. The molecular formula is C38H30ClN3O6S. The van der Waals surface area contributed by atoms with Crippen LogP contribution in [0.1, 0.15) is 40.8 Å². The van der Waals surface area contributed by atoms with Gasteiger partial charge in [-0.15, -0.1) is 0 Å². The normalized spacial score (nSPS) is 14.0. The number of nitriles is 1. The standard InChI is InChI=1S/C38H30ClN3O6S/c1-4-47-37(44)33-34(25-8-6-5-7-9-25)41-38-42(35(33)26-14-16-30(45-2)31(19-26)46-3)36(43)32(49-38)20-27-18-28(39)15-17-29(27)48-22-24-12-10-23(21-40)11-13-24/h5-20,35H,4,22H2,1-3H3/b32-20+/t35-/m1/s1. The Hall–Kier alpha value is -5.63. The van der Waals surface area contributed by atoms with Gasteiger partial charge in [0, 0.05) is 16.1 Å². The topological polar surface area (TPSA) is 112 Å². The predicted octanol–water partition coefficient (Wildman–Crippen LogP) is 6.06. The molecule has 5 aromatic rings. The number of methoxy groups -OCH3 is 2. The summed E-state index contributed by atoms with van der Waals surface area (Å²) < 4.78 is 24.7. The van der Waals surface area contributed by atoms with Crippen molar-refractivity contribution in [3.63, 3.8) is 0 Å². The molecule has 11 heteroatoms. The third-order valence-electron chi connectivity index (χ3n) is 7.83. The maximum absolute atomic E-state index is 14.4. The summed E-state index contributed by atoms with van der Waals surface area (Å²) in [5.74, 6) is 0.852. The lowest BCUT2D eigenvalue weighted by atomic mass is 9.93. The van der Waals surface area contributed by atoms with E-state index in [1.54, 1.807) is 61.5 Å². The fraction of sp³-hybridized carbons (Fsp3) is 0.158. The van der Waals surface area contributed by atoms with Gasteiger partial charge in [-0.2, -0.15) is 5.26 Å². The van der Waals surface area contributed by atoms with Crippen LogP contribution in [0, 0.1) is 11.3 Å². The number of thiazole rings is 1. The maximum atomic E-state index is 14.4. The zero-order valence-corrected chi connectivity index (χ0v) is 28.4. The van der Waals surface area contributed by atoms with Crippen LogP contribution < -0.4 is 29.1 Å². The van der Waals surface area contributed by atoms with Crippen molar-refractivity contribution in [2.45, 2.75) is 19.6 Å². The van der Waals surface area contributed by atoms with E-state index in [-0.39, 0.29) is 24.3 Å². The molecule has 1 aliphatic heterocycles. The van der Waals surface area contributed by atoms with Crippen molar-refractivity contribution < 1.29 is 23.7 Å². The summed E-state index contributed by atoms with van der Waals surface area (Å²) in [6, 6.07) is 28.1. The van der Waals surface area contributed by atoms with Crippen molar-refractivity contribution in [1.82, 2.24) is 4.57 Å². The highest BCUT2D eigenvalue weighted by Gasteiger charge is 2.35. The number of esters is 1. The largest absolute Gasteiger partial charge is 0.493 e. The number of aromatic nitrogens is 1. The molecule has 246 valence electrons. The van der Waals surface area contributed by atoms with E-state index in [0.29, 0.717) is 59.6 Å². The van der Waals surface area contributed by atoms with Crippen LogP contribution in [0.15, 0.2) is 106 Å². The highest BCUT2D eigenvalue weighted by Crippen LogP contribution is 2.38. The Labute approximate surface area is 291 Å². The van der Waals surface area contributed by atoms with E-state index in [4.69, 9.17) is 40.8 Å². The molecule has 1 aliphatic rings. The van der Waals surface area contributed by atoms with E-state index in [0.717, 1.165) is 5.56 Å². The van der Waals surface area contributed by atoms with Crippen LogP contribution in [-0.2, 0) is 16.1 Å². The van der Waals surface area contributed by atoms with E-state index < -0.39 is 12.0 Å². The number of rotatable bonds is 10. The van der Waals surface area contributed by atoms with Gasteiger partial charge in [-0.05, 0) is 66.6 Å². The molecule has 0 amide bonds. The first-order valence-electron chi connectivity index (χ1n) is 15.3. The Morgan fingerprint density at radius 1 is 0.980 bits per heavy atom. The molecule has 9 nitrogen and oxygen atoms in total. The number of hydrogen-bond acceptors (Lipinski definition) is 9. The van der Waals surface area contributed by atoms with Crippen LogP contribution in [0.25, 0.3) is 11.8 Å². The summed E-state index contributed by atoms with van der Waals surface area (Å²) in [6.45, 7) is 2.10. The van der Waals surface area contributed by atoms with Gasteiger partial charge >= 0.3 is 5.97 Å². The Morgan fingerprint density at radius 2 is 1.71 bits per heavy atom. The minimum Gasteiger partial charge on any atom is -0.493 e. The van der Waals surface area contributed by atoms with Gasteiger partial charge in [-0.3, -0.25) is 9.36 Å². The number of carbonyl (C=O) groups excluding carboxylic acids is 1. The average molecular weight is 692 g/mol. The summed E-state index contributed by atoms with van der Waals surface area (Å²) in [4.78, 5) is 33.5. The van der Waals surface area contributed by atoms with E-state index in [2.05, 4.69) is 6.07 Å². The van der Waals surface area contributed by atoms with E-state index in [1.165, 1.54) is 30.1 Å². The molecule has 4 aromatic carbocycles. The van der Waals surface area contributed by atoms with Gasteiger partial charge in [0.2, 0.25) is 0 Å². The number of carbonyl (C=O) groups is 1. The Balaban J connectivity index is 1.54. The van der Waals surface area contributed by atoms with Gasteiger partial charge in [-0.1, -0.05) is 71.5 Å². The van der Waals surface area contributed by atoms with E-state index in [1.807, 2.05) is 42.5 Å². The number of fused-ring (bicyclic) bond motifs is 1. The zero-order valence-electron chi connectivity index (χ0n) is 26.8. The first-order chi connectivity index (χ1) is 23.8. The van der Waals surface area contributed by atoms with Gasteiger partial charge in [0.05, 0.1) is 54.3 Å². The molecule has 1 aromatic heterocycles. The average Bonchev–Trinajstić information content (AvgIpc) is 3.44. The van der Waals surface area contributed by atoms with Crippen LogP contribution in [0.3, 0.4) is 0 Å². The number of hydrogen-bond donors (Lipinski definition) is 0. The smallest absolute Gasteiger partial charge is 0.338 e. The van der Waals surface area contributed by atoms with Crippen LogP contribution in [0.5, 0.6) is 17.2 Å². The van der Waals surface area contributed by atoms with Crippen molar-refractivity contribution in [2.75, 3.05) is 20.8 Å². The molecule has 0 saturated carbocycles.